The van der Waals surface area contributed by atoms with Crippen molar-refractivity contribution in [2.75, 3.05) is 7.11 Å². The van der Waals surface area contributed by atoms with Gasteiger partial charge in [-0.1, -0.05) is 12.1 Å². The van der Waals surface area contributed by atoms with Gasteiger partial charge >= 0.3 is 0 Å². The summed E-state index contributed by atoms with van der Waals surface area (Å²) in [7, 11) is 1.60. The van der Waals surface area contributed by atoms with Gasteiger partial charge in [0.05, 0.1) is 11.6 Å². The third-order valence-corrected chi connectivity index (χ3v) is 4.35. The number of amides is 1. The molecule has 3 N–H and O–H groups in total. The topological polar surface area (TPSA) is 64.3 Å². The van der Waals surface area contributed by atoms with E-state index >= 15 is 0 Å². The number of rotatable bonds is 6. The molecule has 6 heteroatoms. The minimum atomic E-state index is -0.528. The Labute approximate surface area is 130 Å². The Morgan fingerprint density at radius 2 is 2.30 bits per heavy atom. The summed E-state index contributed by atoms with van der Waals surface area (Å²) in [5.74, 6) is 0.314. The second kappa shape index (κ2) is 6.88. The molecule has 4 nitrogen and oxygen atoms in total. The van der Waals surface area contributed by atoms with E-state index in [4.69, 9.17) is 10.5 Å². The number of methoxy groups -OCH3 is 1. The van der Waals surface area contributed by atoms with E-state index in [0.717, 1.165) is 20.7 Å². The van der Waals surface area contributed by atoms with Crippen molar-refractivity contribution >= 4 is 33.2 Å². The lowest BCUT2D eigenvalue weighted by Gasteiger charge is -2.16. The maximum Gasteiger partial charge on any atom is 0.239 e. The van der Waals surface area contributed by atoms with Gasteiger partial charge in [-0.15, -0.1) is 11.3 Å². The molecule has 1 atom stereocenters. The Morgan fingerprint density at radius 3 is 2.85 bits per heavy atom. The van der Waals surface area contributed by atoms with Crippen molar-refractivity contribution in [2.45, 2.75) is 12.6 Å². The van der Waals surface area contributed by atoms with E-state index in [0.29, 0.717) is 6.54 Å². The van der Waals surface area contributed by atoms with E-state index in [9.17, 15) is 4.79 Å². The number of hydrogen-bond donors (Lipinski definition) is 2. The highest BCUT2D eigenvalue weighted by atomic mass is 79.9. The first-order valence-electron chi connectivity index (χ1n) is 6.00. The number of thiophene rings is 1. The number of halogens is 1. The lowest BCUT2D eigenvalue weighted by atomic mass is 10.1. The van der Waals surface area contributed by atoms with Crippen LogP contribution < -0.4 is 15.8 Å². The molecule has 0 saturated heterocycles. The number of nitrogens with two attached hydrogens (primary N) is 1. The SMILES string of the molecule is COc1ccc(C(NCc2cccs2)C(N)=O)cc1Br. The molecular formula is C14H15BrN2O2S. The molecule has 106 valence electrons. The Hall–Kier alpha value is -1.37. The molecule has 2 aromatic rings. The summed E-state index contributed by atoms with van der Waals surface area (Å²) in [4.78, 5) is 12.8. The molecule has 1 amide bonds. The van der Waals surface area contributed by atoms with Crippen molar-refractivity contribution < 1.29 is 9.53 Å². The summed E-state index contributed by atoms with van der Waals surface area (Å²) >= 11 is 5.05. The summed E-state index contributed by atoms with van der Waals surface area (Å²) in [6.07, 6.45) is 0. The lowest BCUT2D eigenvalue weighted by molar-refractivity contribution is -0.120. The largest absolute Gasteiger partial charge is 0.496 e. The van der Waals surface area contributed by atoms with E-state index in [1.54, 1.807) is 18.4 Å². The molecule has 0 fully saturated rings. The van der Waals surface area contributed by atoms with Crippen LogP contribution in [0.5, 0.6) is 5.75 Å². The maximum atomic E-state index is 11.6. The first-order valence-corrected chi connectivity index (χ1v) is 7.67. The average Bonchev–Trinajstić information content (AvgIpc) is 2.92. The normalized spacial score (nSPS) is 12.1. The van der Waals surface area contributed by atoms with Crippen molar-refractivity contribution in [1.82, 2.24) is 5.32 Å². The van der Waals surface area contributed by atoms with Gasteiger partial charge in [0.15, 0.2) is 0 Å². The van der Waals surface area contributed by atoms with Gasteiger partial charge in [-0.2, -0.15) is 0 Å². The van der Waals surface area contributed by atoms with Crippen molar-refractivity contribution in [3.63, 3.8) is 0 Å². The summed E-state index contributed by atoms with van der Waals surface area (Å²) in [6.45, 7) is 0.606. The number of hydrogen-bond acceptors (Lipinski definition) is 4. The minimum Gasteiger partial charge on any atom is -0.496 e. The molecule has 1 unspecified atom stereocenters. The highest BCUT2D eigenvalue weighted by Gasteiger charge is 2.18. The molecule has 20 heavy (non-hydrogen) atoms. The molecular weight excluding hydrogens is 340 g/mol. The van der Waals surface area contributed by atoms with Crippen LogP contribution in [0.2, 0.25) is 0 Å². The van der Waals surface area contributed by atoms with Crippen LogP contribution >= 0.6 is 27.3 Å². The van der Waals surface area contributed by atoms with Crippen LogP contribution in [0.4, 0.5) is 0 Å². The number of carbonyl (C=O) groups is 1. The Kier molecular flexibility index (Phi) is 5.17. The third-order valence-electron chi connectivity index (χ3n) is 2.85. The number of primary amides is 1. The van der Waals surface area contributed by atoms with E-state index in [-0.39, 0.29) is 0 Å². The van der Waals surface area contributed by atoms with Gasteiger partial charge < -0.3 is 10.5 Å². The van der Waals surface area contributed by atoms with Crippen molar-refractivity contribution in [1.29, 1.82) is 0 Å². The molecule has 1 aromatic carbocycles. The first-order chi connectivity index (χ1) is 9.61. The van der Waals surface area contributed by atoms with Gasteiger partial charge in [0.2, 0.25) is 5.91 Å². The molecule has 2 rings (SSSR count). The second-order valence-corrected chi connectivity index (χ2v) is 6.08. The monoisotopic (exact) mass is 354 g/mol. The fourth-order valence-corrected chi connectivity index (χ4v) is 3.07. The van der Waals surface area contributed by atoms with E-state index in [1.807, 2.05) is 35.7 Å². The number of carbonyl (C=O) groups excluding carboxylic acids is 1. The second-order valence-electron chi connectivity index (χ2n) is 4.19. The van der Waals surface area contributed by atoms with E-state index in [1.165, 1.54) is 0 Å². The minimum absolute atomic E-state index is 0.404. The molecule has 1 aromatic heterocycles. The molecule has 0 spiro atoms. The van der Waals surface area contributed by atoms with Gasteiger partial charge in [0.25, 0.3) is 0 Å². The predicted molar refractivity (Wildman–Crippen MR) is 83.8 cm³/mol. The molecule has 0 aliphatic carbocycles. The van der Waals surface area contributed by atoms with Crippen LogP contribution in [0.15, 0.2) is 40.2 Å². The molecule has 0 saturated carbocycles. The van der Waals surface area contributed by atoms with Crippen molar-refractivity contribution in [3.8, 4) is 5.75 Å². The maximum absolute atomic E-state index is 11.6. The fourth-order valence-electron chi connectivity index (χ4n) is 1.86. The zero-order valence-corrected chi connectivity index (χ0v) is 13.3. The summed E-state index contributed by atoms with van der Waals surface area (Å²) in [5, 5.41) is 5.18. The molecule has 0 radical (unpaired) electrons. The van der Waals surface area contributed by atoms with Crippen LogP contribution in [0, 0.1) is 0 Å². The highest BCUT2D eigenvalue weighted by molar-refractivity contribution is 9.10. The van der Waals surface area contributed by atoms with E-state index in [2.05, 4.69) is 21.2 Å². The van der Waals surface area contributed by atoms with Crippen LogP contribution in [0.3, 0.4) is 0 Å². The van der Waals surface area contributed by atoms with E-state index < -0.39 is 11.9 Å². The average molecular weight is 355 g/mol. The summed E-state index contributed by atoms with van der Waals surface area (Å²) < 4.78 is 5.97. The van der Waals surface area contributed by atoms with Crippen LogP contribution in [0.1, 0.15) is 16.5 Å². The van der Waals surface area contributed by atoms with Crippen LogP contribution in [-0.4, -0.2) is 13.0 Å². The fraction of sp³-hybridized carbons (Fsp3) is 0.214. The van der Waals surface area contributed by atoms with Gasteiger partial charge in [-0.3, -0.25) is 10.1 Å². The molecule has 0 aliphatic heterocycles. The Morgan fingerprint density at radius 1 is 1.50 bits per heavy atom. The molecule has 0 aliphatic rings. The van der Waals surface area contributed by atoms with Gasteiger partial charge in [-0.05, 0) is 45.1 Å². The van der Waals surface area contributed by atoms with Gasteiger partial charge in [0, 0.05) is 11.4 Å². The van der Waals surface area contributed by atoms with Crippen molar-refractivity contribution in [2.24, 2.45) is 5.73 Å². The van der Waals surface area contributed by atoms with Crippen LogP contribution in [0.25, 0.3) is 0 Å². The highest BCUT2D eigenvalue weighted by Crippen LogP contribution is 2.28. The number of benzene rings is 1. The summed E-state index contributed by atoms with van der Waals surface area (Å²) in [5.41, 5.74) is 6.29. The smallest absolute Gasteiger partial charge is 0.239 e. The zero-order valence-electron chi connectivity index (χ0n) is 10.9. The zero-order chi connectivity index (χ0) is 14.5. The molecule has 1 heterocycles. The van der Waals surface area contributed by atoms with Crippen LogP contribution in [-0.2, 0) is 11.3 Å². The third kappa shape index (κ3) is 3.59. The lowest BCUT2D eigenvalue weighted by Crippen LogP contribution is -2.33. The Balaban J connectivity index is 2.15. The van der Waals surface area contributed by atoms with Gasteiger partial charge in [-0.25, -0.2) is 0 Å². The Bertz CT molecular complexity index is 587. The summed E-state index contributed by atoms with van der Waals surface area (Å²) in [6, 6.07) is 8.95. The number of ether oxygens (including phenoxy) is 1. The predicted octanol–water partition coefficient (Wildman–Crippen LogP) is 2.84. The van der Waals surface area contributed by atoms with Crippen molar-refractivity contribution in [3.05, 3.63) is 50.6 Å². The van der Waals surface area contributed by atoms with Gasteiger partial charge in [0.1, 0.15) is 11.8 Å². The standard InChI is InChI=1S/C14H15BrN2O2S/c1-19-12-5-4-9(7-11(12)15)13(14(16)18)17-8-10-3-2-6-20-10/h2-7,13,17H,8H2,1H3,(H2,16,18). The molecule has 0 bridgehead atoms. The number of nitrogens with one attached hydrogen (secondary N) is 1. The first kappa shape index (κ1) is 15.0. The quantitative estimate of drug-likeness (QED) is 0.838.